The van der Waals surface area contributed by atoms with E-state index in [4.69, 9.17) is 9.84 Å². The van der Waals surface area contributed by atoms with Gasteiger partial charge in [0.15, 0.2) is 0 Å². The van der Waals surface area contributed by atoms with Gasteiger partial charge in [-0.15, -0.1) is 0 Å². The van der Waals surface area contributed by atoms with Crippen LogP contribution in [0.3, 0.4) is 0 Å². The Balaban J connectivity index is 1.87. The van der Waals surface area contributed by atoms with Gasteiger partial charge in [0.2, 0.25) is 0 Å². The third-order valence-corrected chi connectivity index (χ3v) is 7.25. The Labute approximate surface area is 140 Å². The molecule has 3 nitrogen and oxygen atoms in total. The highest BCUT2D eigenvalue weighted by Crippen LogP contribution is 2.66. The van der Waals surface area contributed by atoms with Crippen LogP contribution in [0, 0.1) is 22.7 Å². The number of allylic oxidation sites excluding steroid dienone is 1. The summed E-state index contributed by atoms with van der Waals surface area (Å²) in [6.07, 6.45) is 10.7. The lowest BCUT2D eigenvalue weighted by Crippen LogP contribution is -2.54. The number of carbonyl (C=O) groups excluding carboxylic acids is 1. The van der Waals surface area contributed by atoms with E-state index < -0.39 is 0 Å². The molecule has 23 heavy (non-hydrogen) atoms. The molecule has 130 valence electrons. The van der Waals surface area contributed by atoms with Crippen molar-refractivity contribution >= 4 is 6.29 Å². The summed E-state index contributed by atoms with van der Waals surface area (Å²) in [5.74, 6) is 1.25. The van der Waals surface area contributed by atoms with Crippen LogP contribution in [0.25, 0.3) is 0 Å². The molecular weight excluding hydrogens is 288 g/mol. The number of hydrogen-bond acceptors (Lipinski definition) is 3. The molecule has 1 N–H and O–H groups in total. The van der Waals surface area contributed by atoms with Crippen molar-refractivity contribution in [2.75, 3.05) is 13.2 Å². The van der Waals surface area contributed by atoms with Gasteiger partial charge in [0, 0.05) is 6.61 Å². The normalized spacial score (nSPS) is 42.3. The van der Waals surface area contributed by atoms with Crippen LogP contribution in [-0.4, -0.2) is 30.2 Å². The fourth-order valence-corrected chi connectivity index (χ4v) is 6.00. The lowest BCUT2D eigenvalue weighted by Gasteiger charge is -2.59. The third-order valence-electron chi connectivity index (χ3n) is 7.25. The van der Waals surface area contributed by atoms with Crippen molar-refractivity contribution in [3.63, 3.8) is 0 Å². The number of hydrogen-bond donors (Lipinski definition) is 1. The molecule has 2 saturated carbocycles. The van der Waals surface area contributed by atoms with Crippen LogP contribution in [-0.2, 0) is 9.53 Å². The largest absolute Gasteiger partial charge is 0.396 e. The molecule has 0 unspecified atom stereocenters. The minimum Gasteiger partial charge on any atom is -0.396 e. The highest BCUT2D eigenvalue weighted by molar-refractivity contribution is 5.73. The molecule has 3 rings (SSSR count). The first-order chi connectivity index (χ1) is 10.9. The van der Waals surface area contributed by atoms with Crippen molar-refractivity contribution in [2.24, 2.45) is 22.7 Å². The second-order valence-corrected chi connectivity index (χ2v) is 8.95. The SMILES string of the molecule is CC1(C)CCC[C@@]2(C)[C@H]1CC[C@]1(CO1)[C@@H]2C/C=C(/C=O)CCO. The molecule has 3 aliphatic rings. The lowest BCUT2D eigenvalue weighted by atomic mass is 9.46. The zero-order valence-electron chi connectivity index (χ0n) is 14.9. The molecule has 0 aromatic heterocycles. The average Bonchev–Trinajstić information content (AvgIpc) is 3.24. The summed E-state index contributed by atoms with van der Waals surface area (Å²) in [5.41, 5.74) is 1.52. The molecule has 0 amide bonds. The topological polar surface area (TPSA) is 49.8 Å². The molecular formula is C20H32O3. The predicted octanol–water partition coefficient (Wildman–Crippen LogP) is 3.90. The summed E-state index contributed by atoms with van der Waals surface area (Å²) in [4.78, 5) is 11.2. The van der Waals surface area contributed by atoms with Gasteiger partial charge >= 0.3 is 0 Å². The highest BCUT2D eigenvalue weighted by atomic mass is 16.6. The Hall–Kier alpha value is -0.670. The van der Waals surface area contributed by atoms with Gasteiger partial charge in [-0.3, -0.25) is 4.79 Å². The van der Waals surface area contributed by atoms with E-state index in [0.717, 1.165) is 30.8 Å². The van der Waals surface area contributed by atoms with Crippen LogP contribution in [0.5, 0.6) is 0 Å². The molecule has 1 saturated heterocycles. The van der Waals surface area contributed by atoms with Gasteiger partial charge in [-0.1, -0.05) is 33.3 Å². The summed E-state index contributed by atoms with van der Waals surface area (Å²) in [7, 11) is 0. The van der Waals surface area contributed by atoms with Crippen LogP contribution in [0.1, 0.15) is 65.7 Å². The van der Waals surface area contributed by atoms with E-state index in [1.165, 1.54) is 32.1 Å². The first-order valence-electron chi connectivity index (χ1n) is 9.27. The number of fused-ring (bicyclic) bond motifs is 1. The summed E-state index contributed by atoms with van der Waals surface area (Å²) in [6, 6.07) is 0. The van der Waals surface area contributed by atoms with Crippen LogP contribution in [0.4, 0.5) is 0 Å². The van der Waals surface area contributed by atoms with Crippen LogP contribution < -0.4 is 0 Å². The van der Waals surface area contributed by atoms with Gasteiger partial charge in [0.25, 0.3) is 0 Å². The van der Waals surface area contributed by atoms with Crippen molar-refractivity contribution < 1.29 is 14.6 Å². The van der Waals surface area contributed by atoms with Crippen molar-refractivity contribution in [1.29, 1.82) is 0 Å². The minimum atomic E-state index is 0.0454. The molecule has 1 spiro atoms. The second-order valence-electron chi connectivity index (χ2n) is 8.95. The Kier molecular flexibility index (Phi) is 4.48. The monoisotopic (exact) mass is 320 g/mol. The van der Waals surface area contributed by atoms with Gasteiger partial charge < -0.3 is 9.84 Å². The summed E-state index contributed by atoms with van der Waals surface area (Å²) >= 11 is 0. The van der Waals surface area contributed by atoms with Gasteiger partial charge in [0.05, 0.1) is 12.2 Å². The number of aldehydes is 1. The van der Waals surface area contributed by atoms with Crippen LogP contribution in [0.2, 0.25) is 0 Å². The number of ether oxygens (including phenoxy) is 1. The molecule has 0 aromatic carbocycles. The number of epoxide rings is 1. The van der Waals surface area contributed by atoms with E-state index in [0.29, 0.717) is 23.2 Å². The second kappa shape index (κ2) is 6.00. The Morgan fingerprint density at radius 3 is 2.61 bits per heavy atom. The van der Waals surface area contributed by atoms with Crippen molar-refractivity contribution in [1.82, 2.24) is 0 Å². The molecule has 4 atom stereocenters. The van der Waals surface area contributed by atoms with Crippen LogP contribution >= 0.6 is 0 Å². The highest BCUT2D eigenvalue weighted by Gasteiger charge is 2.64. The fraction of sp³-hybridized carbons (Fsp3) is 0.850. The first-order valence-corrected chi connectivity index (χ1v) is 9.27. The third kappa shape index (κ3) is 2.91. The lowest BCUT2D eigenvalue weighted by molar-refractivity contribution is -0.106. The van der Waals surface area contributed by atoms with Gasteiger partial charge in [-0.05, 0) is 66.8 Å². The van der Waals surface area contributed by atoms with E-state index in [9.17, 15) is 4.79 Å². The number of carbonyl (C=O) groups is 1. The van der Waals surface area contributed by atoms with Crippen molar-refractivity contribution in [3.05, 3.63) is 11.6 Å². The Bertz CT molecular complexity index is 489. The summed E-state index contributed by atoms with van der Waals surface area (Å²) in [5, 5.41) is 9.10. The van der Waals surface area contributed by atoms with Crippen molar-refractivity contribution in [3.8, 4) is 0 Å². The number of aliphatic hydroxyl groups is 1. The first kappa shape index (κ1) is 17.2. The summed E-state index contributed by atoms with van der Waals surface area (Å²) < 4.78 is 5.99. The van der Waals surface area contributed by atoms with E-state index >= 15 is 0 Å². The smallest absolute Gasteiger partial charge is 0.145 e. The Morgan fingerprint density at radius 2 is 2.00 bits per heavy atom. The summed E-state index contributed by atoms with van der Waals surface area (Å²) in [6.45, 7) is 8.30. The molecule has 2 aliphatic carbocycles. The minimum absolute atomic E-state index is 0.0454. The van der Waals surface area contributed by atoms with E-state index in [2.05, 4.69) is 26.8 Å². The molecule has 0 aromatic rings. The standard InChI is InChI=1S/C20H32O3/c1-18(2)9-4-10-19(3)16(18)7-11-20(14-23-20)17(19)6-5-15(13-22)8-12-21/h5,13,16-17,21H,4,6-12,14H2,1-3H3/b15-5+/t16-,17+,19-,20-/m0/s1. The van der Waals surface area contributed by atoms with E-state index in [1.54, 1.807) is 0 Å². The zero-order chi connectivity index (χ0) is 16.7. The molecule has 3 fully saturated rings. The molecule has 3 heteroatoms. The maximum atomic E-state index is 11.2. The molecule has 0 bridgehead atoms. The fourth-order valence-electron chi connectivity index (χ4n) is 6.00. The maximum absolute atomic E-state index is 11.2. The molecule has 0 radical (unpaired) electrons. The van der Waals surface area contributed by atoms with E-state index in [1.807, 2.05) is 0 Å². The number of aliphatic hydroxyl groups excluding tert-OH is 1. The van der Waals surface area contributed by atoms with Gasteiger partial charge in [-0.25, -0.2) is 0 Å². The van der Waals surface area contributed by atoms with Crippen molar-refractivity contribution in [2.45, 2.75) is 71.3 Å². The average molecular weight is 320 g/mol. The van der Waals surface area contributed by atoms with Gasteiger partial charge in [0.1, 0.15) is 6.29 Å². The van der Waals surface area contributed by atoms with Crippen LogP contribution in [0.15, 0.2) is 11.6 Å². The molecule has 1 aliphatic heterocycles. The predicted molar refractivity (Wildman–Crippen MR) is 91.1 cm³/mol. The zero-order valence-corrected chi connectivity index (χ0v) is 14.9. The van der Waals surface area contributed by atoms with E-state index in [-0.39, 0.29) is 12.2 Å². The van der Waals surface area contributed by atoms with Gasteiger partial charge in [-0.2, -0.15) is 0 Å². The number of rotatable bonds is 5. The maximum Gasteiger partial charge on any atom is 0.145 e. The Morgan fingerprint density at radius 1 is 1.26 bits per heavy atom. The molecule has 1 heterocycles. The quantitative estimate of drug-likeness (QED) is 0.475.